The molecule has 3 rings (SSSR count). The minimum atomic E-state index is -0.425. The normalized spacial score (nSPS) is 10.5. The van der Waals surface area contributed by atoms with Gasteiger partial charge in [0.05, 0.1) is 25.2 Å². The molecule has 3 aromatic rings. The van der Waals surface area contributed by atoms with Crippen LogP contribution in [0.2, 0.25) is 5.02 Å². The number of rotatable bonds is 7. The van der Waals surface area contributed by atoms with Crippen LogP contribution in [0.3, 0.4) is 0 Å². The van der Waals surface area contributed by atoms with Crippen molar-refractivity contribution in [2.75, 3.05) is 32.6 Å². The van der Waals surface area contributed by atoms with Gasteiger partial charge in [0.2, 0.25) is 11.8 Å². The molecule has 0 saturated heterocycles. The van der Waals surface area contributed by atoms with Crippen LogP contribution in [0, 0.1) is 0 Å². The van der Waals surface area contributed by atoms with Crippen LogP contribution in [0.5, 0.6) is 5.75 Å². The number of benzene rings is 2. The van der Waals surface area contributed by atoms with Crippen LogP contribution in [0.25, 0.3) is 10.1 Å². The predicted molar refractivity (Wildman–Crippen MR) is 118 cm³/mol. The number of fused-ring (bicyclic) bond motifs is 1. The molecule has 2 aromatic carbocycles. The number of thiophene rings is 1. The highest BCUT2D eigenvalue weighted by molar-refractivity contribution is 7.21. The van der Waals surface area contributed by atoms with Crippen LogP contribution in [-0.4, -0.2) is 49.9 Å². The van der Waals surface area contributed by atoms with Gasteiger partial charge in [0.25, 0.3) is 5.91 Å². The average Bonchev–Trinajstić information content (AvgIpc) is 3.09. The Hall–Kier alpha value is -3.10. The second-order valence-corrected chi connectivity index (χ2v) is 7.88. The molecule has 1 aromatic heterocycles. The number of hydrogen-bond acceptors (Lipinski definition) is 5. The Morgan fingerprint density at radius 3 is 2.47 bits per heavy atom. The van der Waals surface area contributed by atoms with Crippen LogP contribution in [0.4, 0.5) is 5.69 Å². The minimum Gasteiger partial charge on any atom is -0.497 e. The van der Waals surface area contributed by atoms with Crippen LogP contribution in [-0.2, 0) is 9.59 Å². The molecule has 0 fully saturated rings. The Morgan fingerprint density at radius 2 is 1.80 bits per heavy atom. The second kappa shape index (κ2) is 9.60. The van der Waals surface area contributed by atoms with Gasteiger partial charge < -0.3 is 20.3 Å². The predicted octanol–water partition coefficient (Wildman–Crippen LogP) is 3.39. The number of ether oxygens (including phenoxy) is 1. The molecule has 0 aliphatic rings. The number of carbonyl (C=O) groups is 3. The molecule has 0 radical (unpaired) electrons. The second-order valence-electron chi connectivity index (χ2n) is 6.45. The molecule has 30 heavy (non-hydrogen) atoms. The fourth-order valence-corrected chi connectivity index (χ4v) is 4.14. The van der Waals surface area contributed by atoms with E-state index in [1.165, 1.54) is 23.3 Å². The van der Waals surface area contributed by atoms with Crippen molar-refractivity contribution in [2.45, 2.75) is 0 Å². The van der Waals surface area contributed by atoms with E-state index in [0.717, 1.165) is 10.1 Å². The molecule has 0 aliphatic carbocycles. The molecule has 0 unspecified atom stereocenters. The average molecular weight is 446 g/mol. The molecule has 3 amide bonds. The van der Waals surface area contributed by atoms with Crippen molar-refractivity contribution in [1.29, 1.82) is 0 Å². The van der Waals surface area contributed by atoms with Gasteiger partial charge in [0, 0.05) is 22.8 Å². The van der Waals surface area contributed by atoms with Gasteiger partial charge >= 0.3 is 0 Å². The van der Waals surface area contributed by atoms with Crippen LogP contribution in [0.15, 0.2) is 48.5 Å². The highest BCUT2D eigenvalue weighted by Crippen LogP contribution is 2.34. The van der Waals surface area contributed by atoms with Gasteiger partial charge in [-0.3, -0.25) is 14.4 Å². The van der Waals surface area contributed by atoms with Gasteiger partial charge in [-0.25, -0.2) is 0 Å². The lowest BCUT2D eigenvalue weighted by molar-refractivity contribution is -0.132. The lowest BCUT2D eigenvalue weighted by Gasteiger charge is -2.17. The third-order valence-corrected chi connectivity index (χ3v) is 6.00. The molecule has 2 N–H and O–H groups in total. The lowest BCUT2D eigenvalue weighted by atomic mass is 10.2. The highest BCUT2D eigenvalue weighted by atomic mass is 35.5. The van der Waals surface area contributed by atoms with Crippen molar-refractivity contribution in [1.82, 2.24) is 10.2 Å². The Kier molecular flexibility index (Phi) is 6.91. The molecule has 7 nitrogen and oxygen atoms in total. The molecule has 0 bridgehead atoms. The van der Waals surface area contributed by atoms with E-state index in [4.69, 9.17) is 16.3 Å². The van der Waals surface area contributed by atoms with E-state index in [-0.39, 0.29) is 19.0 Å². The number of likely N-dealkylation sites (N-methyl/N-ethyl adjacent to an activating group) is 1. The number of carbonyl (C=O) groups excluding carboxylic acids is 3. The van der Waals surface area contributed by atoms with Crippen LogP contribution >= 0.6 is 22.9 Å². The molecule has 1 heterocycles. The smallest absolute Gasteiger partial charge is 0.263 e. The summed E-state index contributed by atoms with van der Waals surface area (Å²) in [6.07, 6.45) is 0. The first kappa shape index (κ1) is 21.6. The SMILES string of the molecule is COc1ccc(NC(=O)CN(C)C(=O)CNC(=O)c2sc3ccccc3c2Cl)cc1. The molecule has 0 saturated carbocycles. The zero-order valence-corrected chi connectivity index (χ0v) is 18.0. The molecular weight excluding hydrogens is 426 g/mol. The first-order chi connectivity index (χ1) is 14.4. The quantitative estimate of drug-likeness (QED) is 0.583. The summed E-state index contributed by atoms with van der Waals surface area (Å²) in [4.78, 5) is 38.5. The Balaban J connectivity index is 1.51. The van der Waals surface area contributed by atoms with Crippen LogP contribution < -0.4 is 15.4 Å². The van der Waals surface area contributed by atoms with E-state index in [2.05, 4.69) is 10.6 Å². The Morgan fingerprint density at radius 1 is 1.10 bits per heavy atom. The number of hydrogen-bond donors (Lipinski definition) is 2. The summed E-state index contributed by atoms with van der Waals surface area (Å²) >= 11 is 7.55. The van der Waals surface area contributed by atoms with E-state index in [1.54, 1.807) is 31.4 Å². The summed E-state index contributed by atoms with van der Waals surface area (Å²) in [6, 6.07) is 14.3. The molecule has 0 atom stereocenters. The van der Waals surface area contributed by atoms with Crippen molar-refractivity contribution >= 4 is 56.4 Å². The van der Waals surface area contributed by atoms with Crippen molar-refractivity contribution in [3.05, 3.63) is 58.4 Å². The summed E-state index contributed by atoms with van der Waals surface area (Å²) in [7, 11) is 3.05. The summed E-state index contributed by atoms with van der Waals surface area (Å²) in [5, 5.41) is 6.44. The summed E-state index contributed by atoms with van der Waals surface area (Å²) in [6.45, 7) is -0.389. The largest absolute Gasteiger partial charge is 0.497 e. The maximum atomic E-state index is 12.4. The third-order valence-electron chi connectivity index (χ3n) is 4.32. The molecule has 0 spiro atoms. The first-order valence-corrected chi connectivity index (χ1v) is 10.2. The monoisotopic (exact) mass is 445 g/mol. The first-order valence-electron chi connectivity index (χ1n) is 9.02. The van der Waals surface area contributed by atoms with E-state index in [9.17, 15) is 14.4 Å². The number of nitrogens with zero attached hydrogens (tertiary/aromatic N) is 1. The van der Waals surface area contributed by atoms with Gasteiger partial charge in [-0.05, 0) is 30.3 Å². The van der Waals surface area contributed by atoms with Gasteiger partial charge in [-0.15, -0.1) is 11.3 Å². The van der Waals surface area contributed by atoms with Gasteiger partial charge in [0.15, 0.2) is 0 Å². The number of anilines is 1. The fraction of sp³-hybridized carbons (Fsp3) is 0.190. The molecular formula is C21H20ClN3O4S. The van der Waals surface area contributed by atoms with E-state index in [1.807, 2.05) is 24.3 Å². The number of amides is 3. The lowest BCUT2D eigenvalue weighted by Crippen LogP contribution is -2.41. The molecule has 0 aliphatic heterocycles. The van der Waals surface area contributed by atoms with Crippen molar-refractivity contribution in [2.24, 2.45) is 0 Å². The fourth-order valence-electron chi connectivity index (χ4n) is 2.71. The van der Waals surface area contributed by atoms with E-state index in [0.29, 0.717) is 21.3 Å². The number of methoxy groups -OCH3 is 1. The van der Waals surface area contributed by atoms with Crippen LogP contribution in [0.1, 0.15) is 9.67 Å². The van der Waals surface area contributed by atoms with E-state index >= 15 is 0 Å². The van der Waals surface area contributed by atoms with E-state index < -0.39 is 11.8 Å². The number of halogens is 1. The zero-order chi connectivity index (χ0) is 21.7. The van der Waals surface area contributed by atoms with Gasteiger partial charge in [0.1, 0.15) is 10.6 Å². The van der Waals surface area contributed by atoms with Crippen molar-refractivity contribution in [3.8, 4) is 5.75 Å². The standard InChI is InChI=1S/C21H20ClN3O4S/c1-25(12-17(26)24-13-7-9-14(29-2)10-8-13)18(27)11-23-21(28)20-19(22)15-5-3-4-6-16(15)30-20/h3-10H,11-12H2,1-2H3,(H,23,28)(H,24,26). The zero-order valence-electron chi connectivity index (χ0n) is 16.4. The molecule has 9 heteroatoms. The van der Waals surface area contributed by atoms with Crippen molar-refractivity contribution < 1.29 is 19.1 Å². The minimum absolute atomic E-state index is 0.148. The third kappa shape index (κ3) is 5.08. The maximum absolute atomic E-state index is 12.4. The Labute approximate surface area is 182 Å². The Bertz CT molecular complexity index is 1080. The molecule has 156 valence electrons. The van der Waals surface area contributed by atoms with Gasteiger partial charge in [-0.1, -0.05) is 29.8 Å². The summed E-state index contributed by atoms with van der Waals surface area (Å²) in [5.74, 6) is -0.499. The topological polar surface area (TPSA) is 87.7 Å². The number of nitrogens with one attached hydrogen (secondary N) is 2. The summed E-state index contributed by atoms with van der Waals surface area (Å²) < 4.78 is 5.96. The van der Waals surface area contributed by atoms with Crippen molar-refractivity contribution in [3.63, 3.8) is 0 Å². The summed E-state index contributed by atoms with van der Waals surface area (Å²) in [5.41, 5.74) is 0.592. The maximum Gasteiger partial charge on any atom is 0.263 e. The van der Waals surface area contributed by atoms with Gasteiger partial charge in [-0.2, -0.15) is 0 Å². The highest BCUT2D eigenvalue weighted by Gasteiger charge is 2.19.